The molecule has 2 aromatic rings. The van der Waals surface area contributed by atoms with Gasteiger partial charge in [-0.15, -0.1) is 0 Å². The van der Waals surface area contributed by atoms with Gasteiger partial charge in [-0.05, 0) is 48.6 Å². The molecule has 0 aliphatic heterocycles. The van der Waals surface area contributed by atoms with Crippen molar-refractivity contribution in [2.75, 3.05) is 23.7 Å². The number of anilines is 1. The number of amides is 2. The maximum atomic E-state index is 13.6. The van der Waals surface area contributed by atoms with E-state index >= 15 is 0 Å². The number of carbonyl (C=O) groups excluding carboxylic acids is 2. The molecule has 0 saturated heterocycles. The Bertz CT molecular complexity index is 1090. The zero-order chi connectivity index (χ0) is 26.0. The first-order valence-electron chi connectivity index (χ1n) is 12.0. The number of benzene rings is 2. The first kappa shape index (κ1) is 28.3. The zero-order valence-corrected chi connectivity index (χ0v) is 21.8. The molecule has 9 heteroatoms. The normalized spacial score (nSPS) is 12.1. The van der Waals surface area contributed by atoms with E-state index in [4.69, 9.17) is 0 Å². The summed E-state index contributed by atoms with van der Waals surface area (Å²) in [7, 11) is -3.79. The van der Waals surface area contributed by atoms with Crippen LogP contribution in [-0.4, -0.2) is 50.5 Å². The Morgan fingerprint density at radius 3 is 2.26 bits per heavy atom. The van der Waals surface area contributed by atoms with Crippen molar-refractivity contribution < 1.29 is 22.4 Å². The van der Waals surface area contributed by atoms with Gasteiger partial charge in [-0.2, -0.15) is 0 Å². The molecule has 1 N–H and O–H groups in total. The van der Waals surface area contributed by atoms with Crippen LogP contribution in [0.15, 0.2) is 48.5 Å². The number of hydrogen-bond acceptors (Lipinski definition) is 4. The maximum Gasteiger partial charge on any atom is 0.244 e. The number of carbonyl (C=O) groups is 2. The summed E-state index contributed by atoms with van der Waals surface area (Å²) in [4.78, 5) is 28.0. The number of sulfonamides is 1. The Labute approximate surface area is 208 Å². The van der Waals surface area contributed by atoms with Crippen LogP contribution in [0.25, 0.3) is 0 Å². The van der Waals surface area contributed by atoms with Crippen LogP contribution in [0, 0.1) is 5.82 Å². The standard InChI is InChI=1S/C26H36FN3O4S/c1-5-8-17-28-26(32)23(7-3)29(18-20-13-15-22(27)16-14-20)25(31)19-30(35(4,33)34)24-12-10-9-11-21(24)6-2/h9-16,23H,5-8,17-19H2,1-4H3,(H,28,32)/t23-/m0/s1. The number of aryl methyl sites for hydroxylation is 1. The van der Waals surface area contributed by atoms with Crippen molar-refractivity contribution in [2.45, 2.75) is 59.0 Å². The molecule has 2 amide bonds. The van der Waals surface area contributed by atoms with E-state index in [0.29, 0.717) is 30.6 Å². The fraction of sp³-hybridized carbons (Fsp3) is 0.462. The van der Waals surface area contributed by atoms with E-state index in [-0.39, 0.29) is 12.5 Å². The molecular weight excluding hydrogens is 469 g/mol. The lowest BCUT2D eigenvalue weighted by Crippen LogP contribution is -2.52. The summed E-state index contributed by atoms with van der Waals surface area (Å²) in [5, 5.41) is 2.87. The van der Waals surface area contributed by atoms with Crippen molar-refractivity contribution in [3.05, 3.63) is 65.5 Å². The number of rotatable bonds is 13. The second kappa shape index (κ2) is 13.2. The lowest BCUT2D eigenvalue weighted by atomic mass is 10.1. The number of unbranched alkanes of at least 4 members (excludes halogenated alkanes) is 1. The van der Waals surface area contributed by atoms with Crippen LogP contribution >= 0.6 is 0 Å². The smallest absolute Gasteiger partial charge is 0.244 e. The van der Waals surface area contributed by atoms with Gasteiger partial charge < -0.3 is 10.2 Å². The van der Waals surface area contributed by atoms with Crippen LogP contribution < -0.4 is 9.62 Å². The molecule has 1 atom stereocenters. The molecular formula is C26H36FN3O4S. The molecule has 7 nitrogen and oxygen atoms in total. The molecule has 0 radical (unpaired) electrons. The molecule has 0 spiro atoms. The predicted octanol–water partition coefficient (Wildman–Crippen LogP) is 3.88. The van der Waals surface area contributed by atoms with Crippen molar-refractivity contribution >= 4 is 27.5 Å². The summed E-state index contributed by atoms with van der Waals surface area (Å²) in [5.41, 5.74) is 1.87. The highest BCUT2D eigenvalue weighted by Crippen LogP contribution is 2.24. The van der Waals surface area contributed by atoms with Gasteiger partial charge in [-0.3, -0.25) is 13.9 Å². The van der Waals surface area contributed by atoms with E-state index in [1.54, 1.807) is 31.2 Å². The summed E-state index contributed by atoms with van der Waals surface area (Å²) in [5.74, 6) is -1.21. The number of halogens is 1. The topological polar surface area (TPSA) is 86.8 Å². The van der Waals surface area contributed by atoms with E-state index in [1.807, 2.05) is 26.0 Å². The third-order valence-electron chi connectivity index (χ3n) is 5.80. The van der Waals surface area contributed by atoms with Crippen molar-refractivity contribution in [3.63, 3.8) is 0 Å². The number of nitrogens with zero attached hydrogens (tertiary/aromatic N) is 2. The fourth-order valence-corrected chi connectivity index (χ4v) is 4.74. The number of hydrogen-bond donors (Lipinski definition) is 1. The third kappa shape index (κ3) is 8.06. The minimum atomic E-state index is -3.79. The van der Waals surface area contributed by atoms with Gasteiger partial charge in [0.05, 0.1) is 11.9 Å². The molecule has 0 saturated carbocycles. The second-order valence-electron chi connectivity index (χ2n) is 8.47. The number of para-hydroxylation sites is 1. The first-order chi connectivity index (χ1) is 16.6. The Balaban J connectivity index is 2.43. The maximum absolute atomic E-state index is 13.6. The highest BCUT2D eigenvalue weighted by Gasteiger charge is 2.32. The lowest BCUT2D eigenvalue weighted by Gasteiger charge is -2.33. The molecule has 0 unspecified atom stereocenters. The zero-order valence-electron chi connectivity index (χ0n) is 21.0. The Morgan fingerprint density at radius 2 is 1.69 bits per heavy atom. The van der Waals surface area contributed by atoms with Crippen LogP contribution in [0.1, 0.15) is 51.2 Å². The van der Waals surface area contributed by atoms with Crippen LogP contribution in [0.4, 0.5) is 10.1 Å². The molecule has 0 heterocycles. The highest BCUT2D eigenvalue weighted by atomic mass is 32.2. The van der Waals surface area contributed by atoms with E-state index in [2.05, 4.69) is 5.32 Å². The molecule has 0 aliphatic carbocycles. The predicted molar refractivity (Wildman–Crippen MR) is 137 cm³/mol. The molecule has 0 aliphatic rings. The quantitative estimate of drug-likeness (QED) is 0.419. The second-order valence-corrected chi connectivity index (χ2v) is 10.4. The minimum Gasteiger partial charge on any atom is -0.354 e. The molecule has 192 valence electrons. The fourth-order valence-electron chi connectivity index (χ4n) is 3.86. The van der Waals surface area contributed by atoms with E-state index in [9.17, 15) is 22.4 Å². The van der Waals surface area contributed by atoms with Gasteiger partial charge in [0, 0.05) is 13.1 Å². The molecule has 0 bridgehead atoms. The Kier molecular flexibility index (Phi) is 10.7. The van der Waals surface area contributed by atoms with Crippen molar-refractivity contribution in [1.29, 1.82) is 0 Å². The van der Waals surface area contributed by atoms with E-state index in [0.717, 1.165) is 29.0 Å². The van der Waals surface area contributed by atoms with Gasteiger partial charge in [-0.1, -0.05) is 57.5 Å². The average molecular weight is 506 g/mol. The van der Waals surface area contributed by atoms with Crippen molar-refractivity contribution in [3.8, 4) is 0 Å². The van der Waals surface area contributed by atoms with E-state index in [1.165, 1.54) is 17.0 Å². The molecule has 35 heavy (non-hydrogen) atoms. The van der Waals surface area contributed by atoms with Crippen LogP contribution in [-0.2, 0) is 32.6 Å². The van der Waals surface area contributed by atoms with Gasteiger partial charge in [0.15, 0.2) is 0 Å². The minimum absolute atomic E-state index is 0.0475. The SMILES string of the molecule is CCCCNC(=O)[C@H](CC)N(Cc1ccc(F)cc1)C(=O)CN(c1ccccc1CC)S(C)(=O)=O. The van der Waals surface area contributed by atoms with Gasteiger partial charge in [0.2, 0.25) is 21.8 Å². The molecule has 0 aromatic heterocycles. The first-order valence-corrected chi connectivity index (χ1v) is 13.8. The van der Waals surface area contributed by atoms with Crippen LogP contribution in [0.5, 0.6) is 0 Å². The van der Waals surface area contributed by atoms with Crippen LogP contribution in [0.3, 0.4) is 0 Å². The van der Waals surface area contributed by atoms with Gasteiger partial charge in [-0.25, -0.2) is 12.8 Å². The molecule has 0 fully saturated rings. The summed E-state index contributed by atoms with van der Waals surface area (Å²) >= 11 is 0. The molecule has 2 rings (SSSR count). The Morgan fingerprint density at radius 1 is 1.03 bits per heavy atom. The summed E-state index contributed by atoms with van der Waals surface area (Å²) in [6.45, 7) is 5.82. The third-order valence-corrected chi connectivity index (χ3v) is 6.93. The van der Waals surface area contributed by atoms with Crippen molar-refractivity contribution in [2.24, 2.45) is 0 Å². The monoisotopic (exact) mass is 505 g/mol. The van der Waals surface area contributed by atoms with Crippen LogP contribution in [0.2, 0.25) is 0 Å². The largest absolute Gasteiger partial charge is 0.354 e. The highest BCUT2D eigenvalue weighted by molar-refractivity contribution is 7.92. The lowest BCUT2D eigenvalue weighted by molar-refractivity contribution is -0.140. The summed E-state index contributed by atoms with van der Waals surface area (Å²) < 4.78 is 40.0. The van der Waals surface area contributed by atoms with Gasteiger partial charge in [0.1, 0.15) is 18.4 Å². The van der Waals surface area contributed by atoms with Gasteiger partial charge in [0.25, 0.3) is 0 Å². The van der Waals surface area contributed by atoms with Gasteiger partial charge >= 0.3 is 0 Å². The Hall–Kier alpha value is -2.94. The molecule has 2 aromatic carbocycles. The number of nitrogens with one attached hydrogen (secondary N) is 1. The average Bonchev–Trinajstić information content (AvgIpc) is 2.83. The summed E-state index contributed by atoms with van der Waals surface area (Å²) in [6, 6.07) is 11.9. The van der Waals surface area contributed by atoms with E-state index < -0.39 is 34.3 Å². The van der Waals surface area contributed by atoms with Crippen molar-refractivity contribution in [1.82, 2.24) is 10.2 Å². The summed E-state index contributed by atoms with van der Waals surface area (Å²) in [6.07, 6.45) is 3.72.